The van der Waals surface area contributed by atoms with Crippen LogP contribution in [-0.4, -0.2) is 26.7 Å². The van der Waals surface area contributed by atoms with Gasteiger partial charge in [0.25, 0.3) is 0 Å². The summed E-state index contributed by atoms with van der Waals surface area (Å²) in [6.07, 6.45) is 0. The first kappa shape index (κ1) is 18.7. The number of rotatable bonds is 4. The fourth-order valence-electron chi connectivity index (χ4n) is 2.44. The third-order valence-electron chi connectivity index (χ3n) is 4.55. The Morgan fingerprint density at radius 2 is 1.79 bits per heavy atom. The zero-order valence-corrected chi connectivity index (χ0v) is 15.0. The maximum atomic E-state index is 13.6. The van der Waals surface area contributed by atoms with Crippen LogP contribution < -0.4 is 5.46 Å². The van der Waals surface area contributed by atoms with Crippen molar-refractivity contribution in [3.63, 3.8) is 0 Å². The van der Waals surface area contributed by atoms with Crippen LogP contribution in [0.3, 0.4) is 0 Å². The monoisotopic (exact) mass is 355 g/mol. The highest BCUT2D eigenvalue weighted by molar-refractivity contribution is 7.86. The minimum Gasteiger partial charge on any atom is -0.399 e. The number of hydrogen-bond acceptors (Lipinski definition) is 5. The van der Waals surface area contributed by atoms with Crippen LogP contribution in [0, 0.1) is 6.92 Å². The summed E-state index contributed by atoms with van der Waals surface area (Å²) in [6.45, 7) is 8.83. The van der Waals surface area contributed by atoms with Crippen molar-refractivity contribution in [2.45, 2.75) is 57.3 Å². The molecule has 0 aliphatic carbocycles. The average molecular weight is 355 g/mol. The predicted molar refractivity (Wildman–Crippen MR) is 88.0 cm³/mol. The number of benzene rings is 1. The van der Waals surface area contributed by atoms with Crippen LogP contribution in [0.4, 0.5) is 3.89 Å². The van der Waals surface area contributed by atoms with Crippen LogP contribution in [0.5, 0.6) is 0 Å². The number of azide groups is 1. The minimum absolute atomic E-state index is 0.105. The molecule has 0 atom stereocenters. The first-order valence-electron chi connectivity index (χ1n) is 7.33. The lowest BCUT2D eigenvalue weighted by Gasteiger charge is -2.32. The van der Waals surface area contributed by atoms with E-state index in [4.69, 9.17) is 14.8 Å². The van der Waals surface area contributed by atoms with Crippen LogP contribution in [-0.2, 0) is 26.1 Å². The largest absolute Gasteiger partial charge is 0.495 e. The molecule has 0 radical (unpaired) electrons. The summed E-state index contributed by atoms with van der Waals surface area (Å²) in [5, 5.41) is 3.40. The second kappa shape index (κ2) is 6.04. The molecule has 0 aromatic heterocycles. The van der Waals surface area contributed by atoms with Crippen molar-refractivity contribution in [2.75, 3.05) is 0 Å². The van der Waals surface area contributed by atoms with Gasteiger partial charge in [-0.25, -0.2) is 0 Å². The average Bonchev–Trinajstić information content (AvgIpc) is 2.64. The SMILES string of the molecule is Cc1c(B2OC(C)(C)C(C)(C)O2)cc(CN=[N+]=[N-])cc1S(=O)(=O)F. The van der Waals surface area contributed by atoms with E-state index in [-0.39, 0.29) is 12.1 Å². The maximum absolute atomic E-state index is 13.6. The lowest BCUT2D eigenvalue weighted by molar-refractivity contribution is 0.00578. The maximum Gasteiger partial charge on any atom is 0.495 e. The zero-order chi connectivity index (χ0) is 18.3. The van der Waals surface area contributed by atoms with Crippen molar-refractivity contribution in [2.24, 2.45) is 5.11 Å². The third-order valence-corrected chi connectivity index (χ3v) is 5.50. The molecule has 1 fully saturated rings. The third kappa shape index (κ3) is 3.42. The van der Waals surface area contributed by atoms with E-state index in [0.29, 0.717) is 11.0 Å². The molecule has 1 saturated heterocycles. The fraction of sp³-hybridized carbons (Fsp3) is 0.571. The Morgan fingerprint density at radius 1 is 1.25 bits per heavy atom. The molecular formula is C14H19BFN3O4S. The second-order valence-corrected chi connectivity index (χ2v) is 8.04. The Labute approximate surface area is 141 Å². The van der Waals surface area contributed by atoms with Gasteiger partial charge in [-0.05, 0) is 62.8 Å². The van der Waals surface area contributed by atoms with Gasteiger partial charge >= 0.3 is 17.3 Å². The Balaban J connectivity index is 2.59. The summed E-state index contributed by atoms with van der Waals surface area (Å²) in [7, 11) is -5.78. The highest BCUT2D eigenvalue weighted by Crippen LogP contribution is 2.37. The molecule has 2 rings (SSSR count). The van der Waals surface area contributed by atoms with Gasteiger partial charge in [0, 0.05) is 4.91 Å². The highest BCUT2D eigenvalue weighted by Gasteiger charge is 2.52. The molecule has 7 nitrogen and oxygen atoms in total. The molecule has 0 spiro atoms. The van der Waals surface area contributed by atoms with E-state index >= 15 is 0 Å². The normalized spacial score (nSPS) is 19.2. The van der Waals surface area contributed by atoms with E-state index < -0.39 is 33.4 Å². The predicted octanol–water partition coefficient (Wildman–Crippen LogP) is 2.76. The van der Waals surface area contributed by atoms with E-state index in [1.807, 2.05) is 27.7 Å². The van der Waals surface area contributed by atoms with Crippen LogP contribution >= 0.6 is 0 Å². The van der Waals surface area contributed by atoms with Gasteiger partial charge in [-0.1, -0.05) is 11.2 Å². The Hall–Kier alpha value is -1.61. The van der Waals surface area contributed by atoms with Crippen molar-refractivity contribution in [3.05, 3.63) is 33.7 Å². The van der Waals surface area contributed by atoms with Crippen LogP contribution in [0.15, 0.2) is 22.1 Å². The summed E-state index contributed by atoms with van der Waals surface area (Å²) in [5.41, 5.74) is 8.16. The van der Waals surface area contributed by atoms with E-state index in [2.05, 4.69) is 10.0 Å². The van der Waals surface area contributed by atoms with Gasteiger partial charge in [-0.15, -0.1) is 3.89 Å². The highest BCUT2D eigenvalue weighted by atomic mass is 32.3. The fourth-order valence-corrected chi connectivity index (χ4v) is 3.22. The summed E-state index contributed by atoms with van der Waals surface area (Å²) < 4.78 is 48.4. The Bertz CT molecular complexity index is 804. The van der Waals surface area contributed by atoms with E-state index in [1.165, 1.54) is 6.92 Å². The quantitative estimate of drug-likeness (QED) is 0.272. The minimum atomic E-state index is -4.94. The van der Waals surface area contributed by atoms with Crippen LogP contribution in [0.25, 0.3) is 10.4 Å². The standard InChI is InChI=1S/C14H19BFN3O4S/c1-9-11(15-22-13(2,3)14(4,5)23-15)6-10(8-18-19-17)7-12(9)24(16,20)21/h6-7H,8H2,1-5H3. The van der Waals surface area contributed by atoms with Crippen molar-refractivity contribution >= 4 is 22.8 Å². The molecule has 1 aliphatic heterocycles. The second-order valence-electron chi connectivity index (χ2n) is 6.72. The summed E-state index contributed by atoms with van der Waals surface area (Å²) in [6, 6.07) is 2.77. The molecule has 1 heterocycles. The summed E-state index contributed by atoms with van der Waals surface area (Å²) in [5.74, 6) is 0. The molecule has 1 aromatic rings. The van der Waals surface area contributed by atoms with Gasteiger partial charge in [0.2, 0.25) is 0 Å². The molecule has 24 heavy (non-hydrogen) atoms. The summed E-state index contributed by atoms with van der Waals surface area (Å²) in [4.78, 5) is 2.16. The van der Waals surface area contributed by atoms with Crippen LogP contribution in [0.1, 0.15) is 38.8 Å². The van der Waals surface area contributed by atoms with E-state index in [9.17, 15) is 12.3 Å². The molecule has 1 aromatic carbocycles. The molecule has 0 saturated carbocycles. The van der Waals surface area contributed by atoms with Crippen LogP contribution in [0.2, 0.25) is 0 Å². The molecule has 1 aliphatic rings. The molecule has 0 unspecified atom stereocenters. The molecule has 130 valence electrons. The molecule has 0 bridgehead atoms. The summed E-state index contributed by atoms with van der Waals surface area (Å²) >= 11 is 0. The smallest absolute Gasteiger partial charge is 0.399 e. The van der Waals surface area contributed by atoms with Crippen molar-refractivity contribution in [1.82, 2.24) is 0 Å². The number of halogens is 1. The molecule has 0 N–H and O–H groups in total. The number of hydrogen-bond donors (Lipinski definition) is 0. The zero-order valence-electron chi connectivity index (χ0n) is 14.2. The Kier molecular flexibility index (Phi) is 4.71. The molecule has 10 heteroatoms. The molecule has 0 amide bonds. The van der Waals surface area contributed by atoms with Gasteiger partial charge in [0.1, 0.15) is 4.90 Å². The van der Waals surface area contributed by atoms with Gasteiger partial charge < -0.3 is 9.31 Å². The van der Waals surface area contributed by atoms with Gasteiger partial charge in [-0.2, -0.15) is 8.42 Å². The van der Waals surface area contributed by atoms with Crippen molar-refractivity contribution in [3.8, 4) is 0 Å². The van der Waals surface area contributed by atoms with Crippen molar-refractivity contribution < 1.29 is 21.6 Å². The molecular weight excluding hydrogens is 336 g/mol. The van der Waals surface area contributed by atoms with Gasteiger partial charge in [0.05, 0.1) is 17.7 Å². The van der Waals surface area contributed by atoms with Gasteiger partial charge in [0.15, 0.2) is 0 Å². The first-order chi connectivity index (χ1) is 10.9. The Morgan fingerprint density at radius 3 is 2.25 bits per heavy atom. The topological polar surface area (TPSA) is 101 Å². The van der Waals surface area contributed by atoms with Gasteiger partial charge in [-0.3, -0.25) is 0 Å². The lowest BCUT2D eigenvalue weighted by atomic mass is 9.75. The number of nitrogens with zero attached hydrogens (tertiary/aromatic N) is 3. The van der Waals surface area contributed by atoms with E-state index in [0.717, 1.165) is 6.07 Å². The first-order valence-corrected chi connectivity index (χ1v) is 8.72. The van der Waals surface area contributed by atoms with Crippen molar-refractivity contribution in [1.29, 1.82) is 0 Å². The van der Waals surface area contributed by atoms with E-state index in [1.54, 1.807) is 6.07 Å². The lowest BCUT2D eigenvalue weighted by Crippen LogP contribution is -2.41.